The monoisotopic (exact) mass is 317 g/mol. The van der Waals surface area contributed by atoms with Gasteiger partial charge in [-0.2, -0.15) is 5.10 Å². The minimum atomic E-state index is -0.552. The molecule has 0 spiro atoms. The molecule has 1 amide bonds. The quantitative estimate of drug-likeness (QED) is 0.736. The molecular weight excluding hydrogens is 298 g/mol. The number of hydrogen-bond donors (Lipinski definition) is 2. The average Bonchev–Trinajstić information content (AvgIpc) is 2.82. The molecule has 122 valence electrons. The van der Waals surface area contributed by atoms with E-state index in [4.69, 9.17) is 20.9 Å². The van der Waals surface area contributed by atoms with Crippen molar-refractivity contribution >= 4 is 18.1 Å². The molecule has 4 N–H and O–H groups in total. The zero-order valence-electron chi connectivity index (χ0n) is 13.0. The van der Waals surface area contributed by atoms with Crippen molar-refractivity contribution in [2.24, 2.45) is 10.8 Å². The summed E-state index contributed by atoms with van der Waals surface area (Å²) < 4.78 is 12.3. The normalized spacial score (nSPS) is 10.9. The Balaban J connectivity index is 2.21. The number of ether oxygens (including phenoxy) is 2. The number of amides is 1. The van der Waals surface area contributed by atoms with Crippen LogP contribution in [0.2, 0.25) is 0 Å². The van der Waals surface area contributed by atoms with E-state index in [-0.39, 0.29) is 6.61 Å². The summed E-state index contributed by atoms with van der Waals surface area (Å²) in [6.07, 6.45) is 3.34. The average molecular weight is 317 g/mol. The van der Waals surface area contributed by atoms with Gasteiger partial charge in [-0.25, -0.2) is 9.66 Å². The standard InChI is InChI=1S/C15H19N5O3/c1-3-22-13-6-11(4-5-12(13)23-9-14(16)21)7-18-20-8-10(2)19-15(20)17/h4-8H,3,9H2,1-2H3,(H2,16,21)(H2,17,19). The van der Waals surface area contributed by atoms with Gasteiger partial charge in [0.25, 0.3) is 5.91 Å². The van der Waals surface area contributed by atoms with Gasteiger partial charge in [-0.05, 0) is 37.6 Å². The van der Waals surface area contributed by atoms with Crippen molar-refractivity contribution < 1.29 is 14.3 Å². The maximum Gasteiger partial charge on any atom is 0.255 e. The Morgan fingerprint density at radius 1 is 1.39 bits per heavy atom. The minimum absolute atomic E-state index is 0.210. The number of nitrogens with two attached hydrogens (primary N) is 2. The lowest BCUT2D eigenvalue weighted by molar-refractivity contribution is -0.119. The first-order chi connectivity index (χ1) is 11.0. The SMILES string of the molecule is CCOc1cc(C=Nn2cc(C)nc2N)ccc1OCC(N)=O. The van der Waals surface area contributed by atoms with E-state index >= 15 is 0 Å². The molecule has 8 nitrogen and oxygen atoms in total. The van der Waals surface area contributed by atoms with Gasteiger partial charge < -0.3 is 20.9 Å². The van der Waals surface area contributed by atoms with Gasteiger partial charge in [0, 0.05) is 0 Å². The summed E-state index contributed by atoms with van der Waals surface area (Å²) >= 11 is 0. The molecule has 1 aromatic heterocycles. The van der Waals surface area contributed by atoms with Gasteiger partial charge in [0.15, 0.2) is 18.1 Å². The molecule has 0 saturated carbocycles. The highest BCUT2D eigenvalue weighted by atomic mass is 16.5. The summed E-state index contributed by atoms with van der Waals surface area (Å²) in [6.45, 7) is 3.94. The number of primary amides is 1. The first-order valence-corrected chi connectivity index (χ1v) is 7.03. The van der Waals surface area contributed by atoms with E-state index in [1.54, 1.807) is 30.6 Å². The van der Waals surface area contributed by atoms with Crippen molar-refractivity contribution in [3.05, 3.63) is 35.7 Å². The Hall–Kier alpha value is -3.03. The third-order valence-corrected chi connectivity index (χ3v) is 2.80. The fourth-order valence-electron chi connectivity index (χ4n) is 1.87. The number of carbonyl (C=O) groups is 1. The smallest absolute Gasteiger partial charge is 0.255 e. The number of aromatic nitrogens is 2. The number of rotatable bonds is 7. The second-order valence-corrected chi connectivity index (χ2v) is 4.72. The number of carbonyl (C=O) groups excluding carboxylic acids is 1. The van der Waals surface area contributed by atoms with E-state index in [9.17, 15) is 4.79 Å². The number of benzene rings is 1. The summed E-state index contributed by atoms with van der Waals surface area (Å²) in [4.78, 5) is 14.9. The van der Waals surface area contributed by atoms with Crippen LogP contribution in [0.15, 0.2) is 29.5 Å². The number of anilines is 1. The van der Waals surface area contributed by atoms with Crippen LogP contribution in [0.25, 0.3) is 0 Å². The summed E-state index contributed by atoms with van der Waals surface area (Å²) in [7, 11) is 0. The highest BCUT2D eigenvalue weighted by molar-refractivity contribution is 5.81. The van der Waals surface area contributed by atoms with E-state index in [0.29, 0.717) is 24.1 Å². The van der Waals surface area contributed by atoms with Gasteiger partial charge in [-0.15, -0.1) is 0 Å². The van der Waals surface area contributed by atoms with Crippen LogP contribution >= 0.6 is 0 Å². The van der Waals surface area contributed by atoms with Crippen LogP contribution in [0.1, 0.15) is 18.2 Å². The van der Waals surface area contributed by atoms with Gasteiger partial charge >= 0.3 is 0 Å². The highest BCUT2D eigenvalue weighted by Crippen LogP contribution is 2.28. The van der Waals surface area contributed by atoms with Crippen LogP contribution < -0.4 is 20.9 Å². The van der Waals surface area contributed by atoms with Crippen molar-refractivity contribution in [2.75, 3.05) is 18.9 Å². The van der Waals surface area contributed by atoms with Gasteiger partial charge in [-0.1, -0.05) is 0 Å². The molecular formula is C15H19N5O3. The third kappa shape index (κ3) is 4.47. The number of nitrogens with zero attached hydrogens (tertiary/aromatic N) is 3. The van der Waals surface area contributed by atoms with Crippen molar-refractivity contribution in [2.45, 2.75) is 13.8 Å². The number of aryl methyl sites for hydroxylation is 1. The zero-order chi connectivity index (χ0) is 16.8. The molecule has 0 unspecified atom stereocenters. The Labute approximate surface area is 133 Å². The number of nitrogen functional groups attached to an aromatic ring is 1. The molecule has 1 heterocycles. The number of hydrogen-bond acceptors (Lipinski definition) is 6. The molecule has 2 rings (SSSR count). The van der Waals surface area contributed by atoms with E-state index in [2.05, 4.69) is 10.1 Å². The third-order valence-electron chi connectivity index (χ3n) is 2.80. The van der Waals surface area contributed by atoms with Crippen LogP contribution in [-0.4, -0.2) is 35.0 Å². The van der Waals surface area contributed by atoms with E-state index in [1.807, 2.05) is 13.8 Å². The molecule has 0 aliphatic carbocycles. The van der Waals surface area contributed by atoms with Crippen LogP contribution in [0.3, 0.4) is 0 Å². The first-order valence-electron chi connectivity index (χ1n) is 7.03. The minimum Gasteiger partial charge on any atom is -0.490 e. The molecule has 0 fully saturated rings. The molecule has 0 saturated heterocycles. The summed E-state index contributed by atoms with van der Waals surface area (Å²) in [6, 6.07) is 5.23. The Morgan fingerprint density at radius 3 is 2.78 bits per heavy atom. The lowest BCUT2D eigenvalue weighted by Crippen LogP contribution is -2.20. The van der Waals surface area contributed by atoms with Gasteiger partial charge in [0.2, 0.25) is 5.95 Å². The maximum atomic E-state index is 10.8. The molecule has 2 aromatic rings. The Morgan fingerprint density at radius 2 is 2.17 bits per heavy atom. The fraction of sp³-hybridized carbons (Fsp3) is 0.267. The Kier molecular flexibility index (Phi) is 5.19. The molecule has 23 heavy (non-hydrogen) atoms. The summed E-state index contributed by atoms with van der Waals surface area (Å²) in [5, 5.41) is 4.24. The number of imidazole rings is 1. The predicted molar refractivity (Wildman–Crippen MR) is 86.7 cm³/mol. The van der Waals surface area contributed by atoms with Crippen molar-refractivity contribution in [1.82, 2.24) is 9.66 Å². The molecule has 0 bridgehead atoms. The highest BCUT2D eigenvalue weighted by Gasteiger charge is 2.07. The van der Waals surface area contributed by atoms with Crippen LogP contribution in [-0.2, 0) is 4.79 Å². The fourth-order valence-corrected chi connectivity index (χ4v) is 1.87. The van der Waals surface area contributed by atoms with Crippen LogP contribution in [0.5, 0.6) is 11.5 Å². The molecule has 8 heteroatoms. The van der Waals surface area contributed by atoms with E-state index < -0.39 is 5.91 Å². The predicted octanol–water partition coefficient (Wildman–Crippen LogP) is 0.919. The first kappa shape index (κ1) is 16.3. The second kappa shape index (κ2) is 7.30. The maximum absolute atomic E-state index is 10.8. The summed E-state index contributed by atoms with van der Waals surface area (Å²) in [5.74, 6) is 0.711. The van der Waals surface area contributed by atoms with E-state index in [1.165, 1.54) is 4.68 Å². The van der Waals surface area contributed by atoms with E-state index in [0.717, 1.165) is 11.3 Å². The van der Waals surface area contributed by atoms with Gasteiger partial charge in [0.05, 0.1) is 24.7 Å². The molecule has 0 radical (unpaired) electrons. The molecule has 0 atom stereocenters. The lowest BCUT2D eigenvalue weighted by atomic mass is 10.2. The molecule has 0 aliphatic rings. The second-order valence-electron chi connectivity index (χ2n) is 4.72. The zero-order valence-corrected chi connectivity index (χ0v) is 13.0. The van der Waals surface area contributed by atoms with Crippen LogP contribution in [0, 0.1) is 6.92 Å². The van der Waals surface area contributed by atoms with Crippen molar-refractivity contribution in [3.8, 4) is 11.5 Å². The van der Waals surface area contributed by atoms with Crippen molar-refractivity contribution in [3.63, 3.8) is 0 Å². The van der Waals surface area contributed by atoms with Gasteiger partial charge in [-0.3, -0.25) is 4.79 Å². The van der Waals surface area contributed by atoms with Crippen LogP contribution in [0.4, 0.5) is 5.95 Å². The Bertz CT molecular complexity index is 724. The molecule has 1 aromatic carbocycles. The lowest BCUT2D eigenvalue weighted by Gasteiger charge is -2.11. The molecule has 0 aliphatic heterocycles. The van der Waals surface area contributed by atoms with Gasteiger partial charge in [0.1, 0.15) is 0 Å². The van der Waals surface area contributed by atoms with Crippen molar-refractivity contribution in [1.29, 1.82) is 0 Å². The summed E-state index contributed by atoms with van der Waals surface area (Å²) in [5.41, 5.74) is 12.4. The topological polar surface area (TPSA) is 118 Å². The largest absolute Gasteiger partial charge is 0.490 e.